The summed E-state index contributed by atoms with van der Waals surface area (Å²) in [6.07, 6.45) is 4.57. The van der Waals surface area contributed by atoms with Gasteiger partial charge in [0.1, 0.15) is 17.6 Å². The Morgan fingerprint density at radius 1 is 1.23 bits per heavy atom. The van der Waals surface area contributed by atoms with Gasteiger partial charge in [0.25, 0.3) is 5.91 Å². The Kier molecular flexibility index (Phi) is 6.97. The van der Waals surface area contributed by atoms with Crippen LogP contribution in [-0.4, -0.2) is 51.8 Å². The maximum Gasteiger partial charge on any atom is 0.253 e. The summed E-state index contributed by atoms with van der Waals surface area (Å²) in [6, 6.07) is 11.2. The van der Waals surface area contributed by atoms with Crippen LogP contribution in [0.2, 0.25) is 0 Å². The molecule has 184 valence electrons. The summed E-state index contributed by atoms with van der Waals surface area (Å²) >= 11 is 1.45. The topological polar surface area (TPSA) is 82.1 Å². The number of ether oxygens (including phenoxy) is 2. The molecule has 0 saturated carbocycles. The number of furan rings is 1. The third kappa shape index (κ3) is 5.01. The van der Waals surface area contributed by atoms with Crippen LogP contribution in [0.25, 0.3) is 0 Å². The molecule has 4 heterocycles. The summed E-state index contributed by atoms with van der Waals surface area (Å²) in [5.41, 5.74) is 3.90. The number of rotatable bonds is 8. The molecule has 2 aliphatic heterocycles. The number of hydrogen-bond acceptors (Lipinski definition) is 7. The molecule has 2 aromatic heterocycles. The number of benzene rings is 1. The van der Waals surface area contributed by atoms with Crippen molar-refractivity contribution in [1.29, 1.82) is 0 Å². The summed E-state index contributed by atoms with van der Waals surface area (Å²) in [7, 11) is 1.64. The maximum atomic E-state index is 13.4. The molecule has 3 aromatic rings. The number of hydrazone groups is 1. The second-order valence-electron chi connectivity index (χ2n) is 8.85. The number of carbonyl (C=O) groups is 1. The van der Waals surface area contributed by atoms with Crippen molar-refractivity contribution in [3.8, 4) is 5.75 Å². The third-order valence-electron chi connectivity index (χ3n) is 6.62. The molecule has 0 unspecified atom stereocenters. The van der Waals surface area contributed by atoms with Gasteiger partial charge in [-0.1, -0.05) is 11.8 Å². The van der Waals surface area contributed by atoms with E-state index in [4.69, 9.17) is 24.0 Å². The number of amides is 1. The van der Waals surface area contributed by atoms with Crippen molar-refractivity contribution in [3.63, 3.8) is 0 Å². The van der Waals surface area contributed by atoms with E-state index in [0.29, 0.717) is 6.42 Å². The SMILES string of the molecule is COc1ccc(C2=NN(C(=O)CSc3nc(C)c(C)n3C[C@H]3CCCO3)[C@@H](c3ccco3)C2)cc1. The first kappa shape index (κ1) is 23.7. The monoisotopic (exact) mass is 494 g/mol. The van der Waals surface area contributed by atoms with Gasteiger partial charge in [0.05, 0.1) is 43.2 Å². The predicted octanol–water partition coefficient (Wildman–Crippen LogP) is 4.75. The zero-order valence-corrected chi connectivity index (χ0v) is 21.1. The lowest BCUT2D eigenvalue weighted by Gasteiger charge is -2.20. The summed E-state index contributed by atoms with van der Waals surface area (Å²) in [4.78, 5) is 18.2. The van der Waals surface area contributed by atoms with E-state index in [1.165, 1.54) is 11.8 Å². The van der Waals surface area contributed by atoms with Crippen molar-refractivity contribution < 1.29 is 18.7 Å². The van der Waals surface area contributed by atoms with Gasteiger partial charge in [-0.2, -0.15) is 5.10 Å². The average Bonchev–Trinajstić information content (AvgIpc) is 3.68. The van der Waals surface area contributed by atoms with Gasteiger partial charge in [0.2, 0.25) is 0 Å². The highest BCUT2D eigenvalue weighted by Gasteiger charge is 2.35. The highest BCUT2D eigenvalue weighted by Crippen LogP contribution is 2.34. The minimum absolute atomic E-state index is 0.0816. The largest absolute Gasteiger partial charge is 0.497 e. The van der Waals surface area contributed by atoms with E-state index in [0.717, 1.165) is 65.3 Å². The van der Waals surface area contributed by atoms with E-state index in [1.54, 1.807) is 18.4 Å². The van der Waals surface area contributed by atoms with Crippen molar-refractivity contribution >= 4 is 23.4 Å². The minimum Gasteiger partial charge on any atom is -0.497 e. The number of thioether (sulfide) groups is 1. The Morgan fingerprint density at radius 3 is 2.74 bits per heavy atom. The molecule has 1 aromatic carbocycles. The first-order valence-corrected chi connectivity index (χ1v) is 12.9. The molecule has 0 spiro atoms. The number of hydrogen-bond donors (Lipinski definition) is 0. The molecular formula is C26H30N4O4S. The highest BCUT2D eigenvalue weighted by atomic mass is 32.2. The van der Waals surface area contributed by atoms with Crippen LogP contribution in [0.3, 0.4) is 0 Å². The quantitative estimate of drug-likeness (QED) is 0.420. The standard InChI is InChI=1S/C26H30N4O4S/c1-17-18(2)29(15-21-6-4-12-33-21)26(27-17)35-16-25(31)30-23(24-7-5-13-34-24)14-22(28-30)19-8-10-20(32-3)11-9-19/h5,7-11,13,21,23H,4,6,12,14-16H2,1-3H3/t21-,23-/m1/s1. The predicted molar refractivity (Wildman–Crippen MR) is 134 cm³/mol. The van der Waals surface area contributed by atoms with Gasteiger partial charge < -0.3 is 18.5 Å². The number of aromatic nitrogens is 2. The number of carbonyl (C=O) groups excluding carboxylic acids is 1. The Labute approximate surface area is 209 Å². The zero-order chi connectivity index (χ0) is 24.4. The molecule has 1 amide bonds. The zero-order valence-electron chi connectivity index (χ0n) is 20.3. The van der Waals surface area contributed by atoms with Gasteiger partial charge in [-0.15, -0.1) is 0 Å². The van der Waals surface area contributed by atoms with Gasteiger partial charge in [-0.05, 0) is 68.7 Å². The maximum absolute atomic E-state index is 13.4. The molecule has 2 aliphatic rings. The fourth-order valence-corrected chi connectivity index (χ4v) is 5.49. The van der Waals surface area contributed by atoms with E-state index < -0.39 is 0 Å². The van der Waals surface area contributed by atoms with Gasteiger partial charge in [0.15, 0.2) is 5.16 Å². The smallest absolute Gasteiger partial charge is 0.253 e. The van der Waals surface area contributed by atoms with Gasteiger partial charge in [-0.3, -0.25) is 4.79 Å². The fraction of sp³-hybridized carbons (Fsp3) is 0.423. The van der Waals surface area contributed by atoms with E-state index in [-0.39, 0.29) is 23.8 Å². The number of aryl methyl sites for hydroxylation is 1. The molecular weight excluding hydrogens is 464 g/mol. The first-order chi connectivity index (χ1) is 17.0. The summed E-state index contributed by atoms with van der Waals surface area (Å²) < 4.78 is 19.0. The molecule has 5 rings (SSSR count). The molecule has 1 saturated heterocycles. The highest BCUT2D eigenvalue weighted by molar-refractivity contribution is 7.99. The Bertz CT molecular complexity index is 1200. The van der Waals surface area contributed by atoms with Gasteiger partial charge in [0, 0.05) is 18.7 Å². The van der Waals surface area contributed by atoms with E-state index in [2.05, 4.69) is 11.5 Å². The Morgan fingerprint density at radius 2 is 2.06 bits per heavy atom. The van der Waals surface area contributed by atoms with Crippen LogP contribution in [-0.2, 0) is 16.1 Å². The number of nitrogens with zero attached hydrogens (tertiary/aromatic N) is 4. The van der Waals surface area contributed by atoms with E-state index in [9.17, 15) is 4.79 Å². The molecule has 0 radical (unpaired) electrons. The van der Waals surface area contributed by atoms with Crippen LogP contribution in [0.15, 0.2) is 57.3 Å². The lowest BCUT2D eigenvalue weighted by molar-refractivity contribution is -0.130. The van der Waals surface area contributed by atoms with Crippen molar-refractivity contribution in [1.82, 2.24) is 14.6 Å². The second kappa shape index (κ2) is 10.3. The lowest BCUT2D eigenvalue weighted by Crippen LogP contribution is -2.28. The normalized spacial score (nSPS) is 19.9. The third-order valence-corrected chi connectivity index (χ3v) is 7.58. The molecule has 0 bridgehead atoms. The summed E-state index contributed by atoms with van der Waals surface area (Å²) in [5, 5.41) is 7.14. The van der Waals surface area contributed by atoms with E-state index in [1.807, 2.05) is 43.3 Å². The van der Waals surface area contributed by atoms with Crippen LogP contribution in [0.4, 0.5) is 0 Å². The first-order valence-electron chi connectivity index (χ1n) is 11.9. The molecule has 0 N–H and O–H groups in total. The molecule has 35 heavy (non-hydrogen) atoms. The van der Waals surface area contributed by atoms with Gasteiger partial charge in [-0.25, -0.2) is 9.99 Å². The van der Waals surface area contributed by atoms with Crippen LogP contribution < -0.4 is 4.74 Å². The molecule has 1 fully saturated rings. The van der Waals surface area contributed by atoms with Crippen molar-refractivity contribution in [3.05, 3.63) is 65.4 Å². The van der Waals surface area contributed by atoms with E-state index >= 15 is 0 Å². The molecule has 0 aliphatic carbocycles. The van der Waals surface area contributed by atoms with Crippen LogP contribution in [0, 0.1) is 13.8 Å². The number of methoxy groups -OCH3 is 1. The van der Waals surface area contributed by atoms with Crippen LogP contribution in [0.5, 0.6) is 5.75 Å². The van der Waals surface area contributed by atoms with Crippen LogP contribution >= 0.6 is 11.8 Å². The van der Waals surface area contributed by atoms with Crippen molar-refractivity contribution in [2.24, 2.45) is 5.10 Å². The summed E-state index contributed by atoms with van der Waals surface area (Å²) in [6.45, 7) is 5.66. The summed E-state index contributed by atoms with van der Waals surface area (Å²) in [5.74, 6) is 1.66. The van der Waals surface area contributed by atoms with Crippen molar-refractivity contribution in [2.45, 2.75) is 57.0 Å². The lowest BCUT2D eigenvalue weighted by atomic mass is 10.0. The second-order valence-corrected chi connectivity index (χ2v) is 9.79. The molecule has 9 heteroatoms. The number of imidazole rings is 1. The Balaban J connectivity index is 1.34. The fourth-order valence-electron chi connectivity index (χ4n) is 4.53. The van der Waals surface area contributed by atoms with Crippen LogP contribution in [0.1, 0.15) is 48.0 Å². The minimum atomic E-state index is -0.273. The van der Waals surface area contributed by atoms with Gasteiger partial charge >= 0.3 is 0 Å². The molecule has 2 atom stereocenters. The average molecular weight is 495 g/mol. The molecule has 8 nitrogen and oxygen atoms in total. The Hall–Kier alpha value is -3.04. The van der Waals surface area contributed by atoms with Crippen molar-refractivity contribution in [2.75, 3.05) is 19.5 Å².